The second-order valence-corrected chi connectivity index (χ2v) is 9.74. The summed E-state index contributed by atoms with van der Waals surface area (Å²) >= 11 is 0. The van der Waals surface area contributed by atoms with E-state index in [-0.39, 0.29) is 38.5 Å². The first-order chi connectivity index (χ1) is 17.2. The molecule has 0 radical (unpaired) electrons. The molecule has 0 unspecified atom stereocenters. The van der Waals surface area contributed by atoms with Gasteiger partial charge in [0.15, 0.2) is 17.4 Å². The molecule has 1 amide bonds. The summed E-state index contributed by atoms with van der Waals surface area (Å²) in [5.74, 6) is -1.88. The van der Waals surface area contributed by atoms with E-state index in [9.17, 15) is 18.4 Å². The zero-order chi connectivity index (χ0) is 25.8. The number of likely N-dealkylation sites (tertiary alicyclic amines) is 1. The maximum Gasteiger partial charge on any atom is 0.234 e. The van der Waals surface area contributed by atoms with E-state index in [1.54, 1.807) is 6.20 Å². The number of Topliss-reactive ketones (excluding diaryl/α,β-unsaturated/α-hetero) is 1. The summed E-state index contributed by atoms with van der Waals surface area (Å²) in [6.07, 6.45) is 4.45. The summed E-state index contributed by atoms with van der Waals surface area (Å²) in [5.41, 5.74) is 7.33. The molecule has 3 aromatic rings. The molecule has 37 heavy (non-hydrogen) atoms. The van der Waals surface area contributed by atoms with Crippen molar-refractivity contribution in [3.05, 3.63) is 71.4 Å². The second-order valence-electron chi connectivity index (χ2n) is 9.74. The van der Waals surface area contributed by atoms with Crippen molar-refractivity contribution in [2.45, 2.75) is 71.5 Å². The number of nitrogens with zero attached hydrogens (tertiary/aromatic N) is 2. The number of hydrogen-bond donors (Lipinski definition) is 2. The van der Waals surface area contributed by atoms with E-state index in [2.05, 4.69) is 29.0 Å². The molecule has 0 spiro atoms. The Balaban J connectivity index is 0.00000380. The van der Waals surface area contributed by atoms with Crippen LogP contribution in [0.4, 0.5) is 14.6 Å². The Bertz CT molecular complexity index is 1260. The smallest absolute Gasteiger partial charge is 0.234 e. The molecule has 1 saturated heterocycles. The highest BCUT2D eigenvalue weighted by atomic mass is 19.2. The van der Waals surface area contributed by atoms with Gasteiger partial charge in [0.25, 0.3) is 0 Å². The number of hydrogen-bond acceptors (Lipinski definition) is 5. The third kappa shape index (κ3) is 6.89. The lowest BCUT2D eigenvalue weighted by Crippen LogP contribution is -2.48. The Kier molecular flexibility index (Phi) is 9.32. The molecule has 1 fully saturated rings. The number of halogens is 2. The Labute approximate surface area is 217 Å². The number of ketones is 1. The van der Waals surface area contributed by atoms with Gasteiger partial charge in [0, 0.05) is 30.1 Å². The lowest BCUT2D eigenvalue weighted by molar-refractivity contribution is -0.128. The maximum atomic E-state index is 13.8. The number of carbonyl (C=O) groups excluding carboxylic acids is 2. The van der Waals surface area contributed by atoms with E-state index in [0.717, 1.165) is 41.3 Å². The summed E-state index contributed by atoms with van der Waals surface area (Å²) in [5, 5.41) is 4.66. The van der Waals surface area contributed by atoms with Gasteiger partial charge in [-0.3, -0.25) is 14.5 Å². The van der Waals surface area contributed by atoms with Gasteiger partial charge >= 0.3 is 0 Å². The van der Waals surface area contributed by atoms with E-state index in [0.29, 0.717) is 29.9 Å². The van der Waals surface area contributed by atoms with Crippen molar-refractivity contribution in [1.82, 2.24) is 15.2 Å². The zero-order valence-electron chi connectivity index (χ0n) is 20.6. The fourth-order valence-corrected chi connectivity index (χ4v) is 4.96. The van der Waals surface area contributed by atoms with Crippen LogP contribution in [0.15, 0.2) is 48.7 Å². The molecule has 1 aromatic heterocycles. The van der Waals surface area contributed by atoms with Gasteiger partial charge in [-0.25, -0.2) is 13.8 Å². The molecule has 198 valence electrons. The highest BCUT2D eigenvalue weighted by Crippen LogP contribution is 2.23. The Morgan fingerprint density at radius 1 is 1.05 bits per heavy atom. The summed E-state index contributed by atoms with van der Waals surface area (Å²) in [6.45, 7) is 4.38. The largest absolute Gasteiger partial charge is 0.383 e. The number of fused-ring (bicyclic) bond motifs is 1. The molecule has 2 aromatic carbocycles. The standard InChI is InChI=1S/C28H32F2N4O2.CH4/c1-17-3-4-18(2)34(17)16-27(36)33-25(15-20-6-9-23(29)24(30)14-20)26(35)10-7-19-5-8-22-21(13-19)11-12-32-28(22)31;/h5-6,8-9,11-14,17-18,25H,3-4,7,10,15-16H2,1-2H3,(H2,31,32)(H,33,36);1H4/t17-,18-,25-;/m0./s1. The highest BCUT2D eigenvalue weighted by Gasteiger charge is 2.30. The average Bonchev–Trinajstić information content (AvgIpc) is 3.16. The highest BCUT2D eigenvalue weighted by molar-refractivity contribution is 5.92. The van der Waals surface area contributed by atoms with Crippen LogP contribution in [0.25, 0.3) is 10.8 Å². The third-order valence-electron chi connectivity index (χ3n) is 7.13. The molecule has 6 nitrogen and oxygen atoms in total. The van der Waals surface area contributed by atoms with Gasteiger partial charge in [-0.2, -0.15) is 0 Å². The lowest BCUT2D eigenvalue weighted by Gasteiger charge is -2.26. The van der Waals surface area contributed by atoms with Crippen molar-refractivity contribution < 1.29 is 18.4 Å². The number of benzene rings is 2. The summed E-state index contributed by atoms with van der Waals surface area (Å²) in [7, 11) is 0. The lowest BCUT2D eigenvalue weighted by atomic mass is 9.96. The van der Waals surface area contributed by atoms with Gasteiger partial charge in [-0.05, 0) is 74.2 Å². The number of nitrogens with one attached hydrogen (secondary N) is 1. The first kappa shape index (κ1) is 28.2. The predicted octanol–water partition coefficient (Wildman–Crippen LogP) is 4.83. The fourth-order valence-electron chi connectivity index (χ4n) is 4.96. The number of nitrogens with two attached hydrogens (primary N) is 1. The number of amides is 1. The topological polar surface area (TPSA) is 88.3 Å². The van der Waals surface area contributed by atoms with Gasteiger partial charge in [0.1, 0.15) is 5.82 Å². The van der Waals surface area contributed by atoms with Crippen molar-refractivity contribution in [1.29, 1.82) is 0 Å². The summed E-state index contributed by atoms with van der Waals surface area (Å²) in [6, 6.07) is 10.9. The molecule has 1 aliphatic rings. The van der Waals surface area contributed by atoms with Gasteiger partial charge in [-0.1, -0.05) is 31.7 Å². The maximum absolute atomic E-state index is 13.8. The molecule has 3 atom stereocenters. The quantitative estimate of drug-likeness (QED) is 0.430. The average molecular weight is 511 g/mol. The molecular weight excluding hydrogens is 474 g/mol. The van der Waals surface area contributed by atoms with E-state index >= 15 is 0 Å². The normalized spacial score (nSPS) is 18.4. The van der Waals surface area contributed by atoms with Gasteiger partial charge in [-0.15, -0.1) is 0 Å². The number of carbonyl (C=O) groups is 2. The number of nitrogen functional groups attached to an aromatic ring is 1. The monoisotopic (exact) mass is 510 g/mol. The summed E-state index contributed by atoms with van der Waals surface area (Å²) in [4.78, 5) is 32.4. The van der Waals surface area contributed by atoms with E-state index in [1.165, 1.54) is 6.07 Å². The van der Waals surface area contributed by atoms with Gasteiger partial charge < -0.3 is 11.1 Å². The Morgan fingerprint density at radius 3 is 2.46 bits per heavy atom. The number of anilines is 1. The van der Waals surface area contributed by atoms with Crippen LogP contribution < -0.4 is 11.1 Å². The van der Waals surface area contributed by atoms with E-state index in [4.69, 9.17) is 5.73 Å². The van der Waals surface area contributed by atoms with Crippen LogP contribution in [-0.2, 0) is 22.4 Å². The van der Waals surface area contributed by atoms with Crippen LogP contribution in [-0.4, -0.2) is 46.2 Å². The molecule has 0 saturated carbocycles. The van der Waals surface area contributed by atoms with Crippen molar-refractivity contribution in [2.24, 2.45) is 0 Å². The predicted molar refractivity (Wildman–Crippen MR) is 143 cm³/mol. The Hall–Kier alpha value is -3.39. The minimum atomic E-state index is -0.977. The Morgan fingerprint density at radius 2 is 1.76 bits per heavy atom. The van der Waals surface area contributed by atoms with Crippen molar-refractivity contribution >= 4 is 28.3 Å². The number of aromatic nitrogens is 1. The van der Waals surface area contributed by atoms with Gasteiger partial charge in [0.05, 0.1) is 12.6 Å². The van der Waals surface area contributed by atoms with Crippen LogP contribution in [0.2, 0.25) is 0 Å². The van der Waals surface area contributed by atoms with Crippen LogP contribution in [0.1, 0.15) is 51.7 Å². The molecule has 8 heteroatoms. The molecule has 0 bridgehead atoms. The van der Waals surface area contributed by atoms with E-state index < -0.39 is 17.7 Å². The van der Waals surface area contributed by atoms with E-state index in [1.807, 2.05) is 24.3 Å². The minimum absolute atomic E-state index is 0. The molecule has 4 rings (SSSR count). The van der Waals surface area contributed by atoms with Crippen molar-refractivity contribution in [3.8, 4) is 0 Å². The van der Waals surface area contributed by atoms with Crippen LogP contribution >= 0.6 is 0 Å². The van der Waals surface area contributed by atoms with Crippen molar-refractivity contribution in [2.75, 3.05) is 12.3 Å². The SMILES string of the molecule is C.C[C@H]1CC[C@H](C)N1CC(=O)N[C@@H](Cc1ccc(F)c(F)c1)C(=O)CCc1ccc2c(N)nccc2c1. The number of aryl methyl sites for hydroxylation is 1. The first-order valence-corrected chi connectivity index (χ1v) is 12.4. The van der Waals surface area contributed by atoms with Crippen LogP contribution in [0.5, 0.6) is 0 Å². The van der Waals surface area contributed by atoms with Gasteiger partial charge in [0.2, 0.25) is 5.91 Å². The van der Waals surface area contributed by atoms with Crippen molar-refractivity contribution in [3.63, 3.8) is 0 Å². The zero-order valence-corrected chi connectivity index (χ0v) is 20.6. The number of rotatable bonds is 9. The molecule has 2 heterocycles. The van der Waals surface area contributed by atoms with Crippen LogP contribution in [0, 0.1) is 11.6 Å². The molecule has 3 N–H and O–H groups in total. The minimum Gasteiger partial charge on any atom is -0.383 e. The second kappa shape index (κ2) is 12.2. The number of pyridine rings is 1. The molecular formula is C29H36F2N4O2. The summed E-state index contributed by atoms with van der Waals surface area (Å²) < 4.78 is 27.2. The fraction of sp³-hybridized carbons (Fsp3) is 0.414. The molecule has 1 aliphatic heterocycles. The third-order valence-corrected chi connectivity index (χ3v) is 7.13. The van der Waals surface area contributed by atoms with Crippen LogP contribution in [0.3, 0.4) is 0 Å². The first-order valence-electron chi connectivity index (χ1n) is 12.4. The molecule has 0 aliphatic carbocycles.